The van der Waals surface area contributed by atoms with E-state index in [1.165, 1.54) is 26.2 Å². The van der Waals surface area contributed by atoms with E-state index in [4.69, 9.17) is 4.74 Å². The molecule has 1 unspecified atom stereocenters. The fraction of sp³-hybridized carbons (Fsp3) is 0.714. The first-order valence-corrected chi connectivity index (χ1v) is 7.01. The molecule has 1 atom stereocenters. The first-order chi connectivity index (χ1) is 9.13. The van der Waals surface area contributed by atoms with Crippen molar-refractivity contribution >= 4 is 0 Å². The fourth-order valence-electron chi connectivity index (χ4n) is 2.78. The van der Waals surface area contributed by atoms with Crippen LogP contribution in [0.4, 0.5) is 4.39 Å². The summed E-state index contributed by atoms with van der Waals surface area (Å²) in [4.78, 5) is 18.2. The van der Waals surface area contributed by atoms with Crippen LogP contribution in [0.3, 0.4) is 0 Å². The highest BCUT2D eigenvalue weighted by Crippen LogP contribution is 2.35. The summed E-state index contributed by atoms with van der Waals surface area (Å²) in [6.45, 7) is 3.99. The number of nitrogens with one attached hydrogen (secondary N) is 1. The predicted molar refractivity (Wildman–Crippen MR) is 70.5 cm³/mol. The Labute approximate surface area is 112 Å². The molecule has 106 valence electrons. The fourth-order valence-corrected chi connectivity index (χ4v) is 2.78. The van der Waals surface area contributed by atoms with Crippen LogP contribution < -0.4 is 5.56 Å². The Morgan fingerprint density at radius 3 is 2.68 bits per heavy atom. The van der Waals surface area contributed by atoms with Crippen LogP contribution in [0.1, 0.15) is 56.7 Å². The maximum atomic E-state index is 13.4. The van der Waals surface area contributed by atoms with E-state index in [-0.39, 0.29) is 11.8 Å². The number of hydrogen-bond donors (Lipinski definition) is 1. The van der Waals surface area contributed by atoms with Crippen molar-refractivity contribution in [1.29, 1.82) is 0 Å². The highest BCUT2D eigenvalue weighted by Gasteiger charge is 2.28. The number of nitrogens with zero attached hydrogens (tertiary/aromatic N) is 1. The molecule has 1 aliphatic carbocycles. The van der Waals surface area contributed by atoms with E-state index in [2.05, 4.69) is 9.97 Å². The predicted octanol–water partition coefficient (Wildman–Crippen LogP) is 2.88. The molecule has 19 heavy (non-hydrogen) atoms. The second-order valence-corrected chi connectivity index (χ2v) is 5.12. The smallest absolute Gasteiger partial charge is 0.287 e. The molecule has 1 N–H and O–H groups in total. The maximum Gasteiger partial charge on any atom is 0.287 e. The minimum absolute atomic E-state index is 0.138. The highest BCUT2D eigenvalue weighted by molar-refractivity contribution is 5.06. The van der Waals surface area contributed by atoms with Gasteiger partial charge in [0, 0.05) is 6.61 Å². The van der Waals surface area contributed by atoms with Crippen LogP contribution in [0, 0.1) is 18.7 Å². The van der Waals surface area contributed by atoms with Crippen LogP contribution in [0.5, 0.6) is 0 Å². The normalized spacial score (nSPS) is 18.5. The number of ether oxygens (including phenoxy) is 1. The van der Waals surface area contributed by atoms with Gasteiger partial charge >= 0.3 is 0 Å². The Hall–Kier alpha value is -1.23. The molecule has 4 nitrogen and oxygen atoms in total. The first-order valence-electron chi connectivity index (χ1n) is 7.01. The maximum absolute atomic E-state index is 13.4. The highest BCUT2D eigenvalue weighted by atomic mass is 19.1. The quantitative estimate of drug-likeness (QED) is 0.913. The monoisotopic (exact) mass is 268 g/mol. The van der Waals surface area contributed by atoms with Crippen LogP contribution in [0.2, 0.25) is 0 Å². The van der Waals surface area contributed by atoms with Crippen molar-refractivity contribution in [1.82, 2.24) is 9.97 Å². The van der Waals surface area contributed by atoms with E-state index in [0.29, 0.717) is 18.3 Å². The standard InChI is InChI=1S/C14H21FN2O2/c1-3-19-12(10-7-5-4-6-8-10)13-16-9(2)11(15)14(18)17-13/h10,12H,3-8H2,1-2H3,(H,16,17,18). The van der Waals surface area contributed by atoms with Gasteiger partial charge in [0.25, 0.3) is 5.56 Å². The summed E-state index contributed by atoms with van der Waals surface area (Å²) in [6, 6.07) is 0. The summed E-state index contributed by atoms with van der Waals surface area (Å²) in [6.07, 6.45) is 5.53. The second kappa shape index (κ2) is 6.28. The van der Waals surface area contributed by atoms with E-state index < -0.39 is 11.4 Å². The van der Waals surface area contributed by atoms with Gasteiger partial charge in [0.15, 0.2) is 0 Å². The van der Waals surface area contributed by atoms with Gasteiger partial charge in [-0.2, -0.15) is 4.39 Å². The van der Waals surface area contributed by atoms with Crippen molar-refractivity contribution in [3.8, 4) is 0 Å². The van der Waals surface area contributed by atoms with Crippen LogP contribution in [0.15, 0.2) is 4.79 Å². The number of halogens is 1. The topological polar surface area (TPSA) is 55.0 Å². The summed E-state index contributed by atoms with van der Waals surface area (Å²) >= 11 is 0. The Balaban J connectivity index is 2.30. The van der Waals surface area contributed by atoms with Crippen LogP contribution in [-0.2, 0) is 4.74 Å². The van der Waals surface area contributed by atoms with Crippen molar-refractivity contribution in [2.24, 2.45) is 5.92 Å². The van der Waals surface area contributed by atoms with Gasteiger partial charge in [0.1, 0.15) is 11.9 Å². The molecular weight excluding hydrogens is 247 g/mol. The Morgan fingerprint density at radius 1 is 1.42 bits per heavy atom. The Kier molecular flexibility index (Phi) is 4.69. The number of H-pyrrole nitrogens is 1. The minimum atomic E-state index is -0.803. The van der Waals surface area contributed by atoms with Crippen molar-refractivity contribution in [2.75, 3.05) is 6.61 Å². The van der Waals surface area contributed by atoms with Crippen molar-refractivity contribution in [2.45, 2.75) is 52.1 Å². The van der Waals surface area contributed by atoms with Gasteiger partial charge in [-0.25, -0.2) is 4.98 Å². The summed E-state index contributed by atoms with van der Waals surface area (Å²) < 4.78 is 19.1. The molecule has 1 aromatic heterocycles. The minimum Gasteiger partial charge on any atom is -0.370 e. The zero-order valence-electron chi connectivity index (χ0n) is 11.5. The molecule has 1 heterocycles. The Bertz CT molecular complexity index is 481. The molecule has 5 heteroatoms. The van der Waals surface area contributed by atoms with Crippen LogP contribution in [0.25, 0.3) is 0 Å². The van der Waals surface area contributed by atoms with E-state index in [1.54, 1.807) is 0 Å². The largest absolute Gasteiger partial charge is 0.370 e. The molecule has 1 fully saturated rings. The molecule has 0 aliphatic heterocycles. The third-order valence-electron chi connectivity index (χ3n) is 3.74. The number of aryl methyl sites for hydroxylation is 1. The summed E-state index contributed by atoms with van der Waals surface area (Å²) in [5.74, 6) is 0.0296. The van der Waals surface area contributed by atoms with E-state index in [0.717, 1.165) is 12.8 Å². The van der Waals surface area contributed by atoms with Gasteiger partial charge in [0.05, 0.1) is 5.69 Å². The van der Waals surface area contributed by atoms with E-state index in [9.17, 15) is 9.18 Å². The van der Waals surface area contributed by atoms with Crippen molar-refractivity contribution in [3.63, 3.8) is 0 Å². The average Bonchev–Trinajstić information content (AvgIpc) is 2.42. The van der Waals surface area contributed by atoms with Crippen molar-refractivity contribution < 1.29 is 9.13 Å². The van der Waals surface area contributed by atoms with Gasteiger partial charge in [-0.3, -0.25) is 4.79 Å². The van der Waals surface area contributed by atoms with Crippen LogP contribution in [-0.4, -0.2) is 16.6 Å². The van der Waals surface area contributed by atoms with Gasteiger partial charge in [-0.05, 0) is 32.6 Å². The van der Waals surface area contributed by atoms with Gasteiger partial charge in [-0.15, -0.1) is 0 Å². The van der Waals surface area contributed by atoms with Gasteiger partial charge in [-0.1, -0.05) is 19.3 Å². The average molecular weight is 268 g/mol. The molecule has 1 aromatic rings. The molecule has 0 saturated heterocycles. The lowest BCUT2D eigenvalue weighted by atomic mass is 9.85. The molecular formula is C14H21FN2O2. The van der Waals surface area contributed by atoms with E-state index >= 15 is 0 Å². The van der Waals surface area contributed by atoms with Crippen LogP contribution >= 0.6 is 0 Å². The number of hydrogen-bond acceptors (Lipinski definition) is 3. The molecule has 1 saturated carbocycles. The third kappa shape index (κ3) is 3.21. The molecule has 0 aromatic carbocycles. The molecule has 0 spiro atoms. The second-order valence-electron chi connectivity index (χ2n) is 5.12. The number of aromatic nitrogens is 2. The molecule has 0 radical (unpaired) electrons. The first kappa shape index (κ1) is 14.2. The van der Waals surface area contributed by atoms with Gasteiger partial charge < -0.3 is 9.72 Å². The lowest BCUT2D eigenvalue weighted by molar-refractivity contribution is -0.000589. The molecule has 0 bridgehead atoms. The van der Waals surface area contributed by atoms with E-state index in [1.807, 2.05) is 6.92 Å². The summed E-state index contributed by atoms with van der Waals surface area (Å²) in [5.41, 5.74) is -0.567. The SMILES string of the molecule is CCOC(c1nc(C)c(F)c(=O)[nH]1)C1CCCCC1. The van der Waals surface area contributed by atoms with Gasteiger partial charge in [0.2, 0.25) is 5.82 Å². The summed E-state index contributed by atoms with van der Waals surface area (Å²) in [7, 11) is 0. The zero-order chi connectivity index (χ0) is 13.8. The molecule has 2 rings (SSSR count). The van der Waals surface area contributed by atoms with Crippen molar-refractivity contribution in [3.05, 3.63) is 27.7 Å². The molecule has 0 amide bonds. The number of aromatic amines is 1. The lowest BCUT2D eigenvalue weighted by Gasteiger charge is -2.29. The molecule has 1 aliphatic rings. The zero-order valence-corrected chi connectivity index (χ0v) is 11.5. The third-order valence-corrected chi connectivity index (χ3v) is 3.74. The number of rotatable bonds is 4. The lowest BCUT2D eigenvalue weighted by Crippen LogP contribution is -2.26. The Morgan fingerprint density at radius 2 is 2.11 bits per heavy atom. The summed E-state index contributed by atoms with van der Waals surface area (Å²) in [5, 5.41) is 0.